The van der Waals surface area contributed by atoms with Crippen molar-refractivity contribution in [2.75, 3.05) is 13.1 Å². The fourth-order valence-electron chi connectivity index (χ4n) is 2.42. The van der Waals surface area contributed by atoms with Crippen molar-refractivity contribution in [3.8, 4) is 5.75 Å². The second-order valence-electron chi connectivity index (χ2n) is 5.33. The number of nitrogens with zero attached hydrogens (tertiary/aromatic N) is 2. The minimum atomic E-state index is 0.00987. The number of hydrogen-bond donors (Lipinski definition) is 0. The molecule has 0 aliphatic carbocycles. The van der Waals surface area contributed by atoms with Crippen LogP contribution in [-0.2, 0) is 4.74 Å². The molecular formula is C14H18N2O3. The molecule has 102 valence electrons. The zero-order chi connectivity index (χ0) is 13.4. The summed E-state index contributed by atoms with van der Waals surface area (Å²) >= 11 is 0. The second-order valence-corrected chi connectivity index (χ2v) is 5.33. The molecule has 2 fully saturated rings. The average Bonchev–Trinajstić information content (AvgIpc) is 3.15. The summed E-state index contributed by atoms with van der Waals surface area (Å²) in [6, 6.07) is 1.76. The van der Waals surface area contributed by atoms with E-state index in [0.717, 1.165) is 13.0 Å². The van der Waals surface area contributed by atoms with E-state index in [4.69, 9.17) is 9.47 Å². The molecule has 2 atom stereocenters. The van der Waals surface area contributed by atoms with Gasteiger partial charge in [0.2, 0.25) is 0 Å². The molecule has 2 unspecified atom stereocenters. The van der Waals surface area contributed by atoms with Crippen molar-refractivity contribution in [2.24, 2.45) is 0 Å². The SMILES string of the molecule is CC(C)Oc1cncc(C(=O)N2CCC3OC3C2)c1. The number of likely N-dealkylation sites (tertiary alicyclic amines) is 1. The maximum Gasteiger partial charge on any atom is 0.255 e. The summed E-state index contributed by atoms with van der Waals surface area (Å²) in [6.45, 7) is 5.35. The van der Waals surface area contributed by atoms with Gasteiger partial charge in [0.05, 0.1) is 24.0 Å². The van der Waals surface area contributed by atoms with Crippen LogP contribution in [0.1, 0.15) is 30.6 Å². The van der Waals surface area contributed by atoms with Gasteiger partial charge in [-0.15, -0.1) is 0 Å². The van der Waals surface area contributed by atoms with E-state index in [-0.39, 0.29) is 18.1 Å². The van der Waals surface area contributed by atoms with Crippen LogP contribution in [0.3, 0.4) is 0 Å². The van der Waals surface area contributed by atoms with Gasteiger partial charge in [0.1, 0.15) is 11.9 Å². The highest BCUT2D eigenvalue weighted by Gasteiger charge is 2.44. The monoisotopic (exact) mass is 262 g/mol. The number of aromatic nitrogens is 1. The molecule has 2 aliphatic heterocycles. The number of amides is 1. The molecule has 5 nitrogen and oxygen atoms in total. The van der Waals surface area contributed by atoms with Gasteiger partial charge in [-0.25, -0.2) is 0 Å². The Bertz CT molecular complexity index is 489. The van der Waals surface area contributed by atoms with Crippen LogP contribution in [0.15, 0.2) is 18.5 Å². The minimum Gasteiger partial charge on any atom is -0.489 e. The van der Waals surface area contributed by atoms with E-state index in [1.165, 1.54) is 0 Å². The van der Waals surface area contributed by atoms with E-state index < -0.39 is 0 Å². The van der Waals surface area contributed by atoms with E-state index >= 15 is 0 Å². The number of carbonyl (C=O) groups excluding carboxylic acids is 1. The maximum absolute atomic E-state index is 12.4. The Morgan fingerprint density at radius 2 is 2.32 bits per heavy atom. The molecule has 3 rings (SSSR count). The van der Waals surface area contributed by atoms with Crippen molar-refractivity contribution in [3.63, 3.8) is 0 Å². The number of pyridine rings is 1. The predicted molar refractivity (Wildman–Crippen MR) is 69.2 cm³/mol. The third-order valence-corrected chi connectivity index (χ3v) is 3.39. The number of carbonyl (C=O) groups is 1. The van der Waals surface area contributed by atoms with Crippen LogP contribution >= 0.6 is 0 Å². The first-order chi connectivity index (χ1) is 9.13. The fraction of sp³-hybridized carbons (Fsp3) is 0.571. The van der Waals surface area contributed by atoms with E-state index in [0.29, 0.717) is 24.0 Å². The number of ether oxygens (including phenoxy) is 2. The van der Waals surface area contributed by atoms with Gasteiger partial charge in [-0.2, -0.15) is 0 Å². The highest BCUT2D eigenvalue weighted by Crippen LogP contribution is 2.31. The zero-order valence-electron chi connectivity index (χ0n) is 11.2. The van der Waals surface area contributed by atoms with Crippen molar-refractivity contribution >= 4 is 5.91 Å². The van der Waals surface area contributed by atoms with Crippen molar-refractivity contribution in [3.05, 3.63) is 24.0 Å². The third kappa shape index (κ3) is 2.71. The fourth-order valence-corrected chi connectivity index (χ4v) is 2.42. The molecular weight excluding hydrogens is 244 g/mol. The van der Waals surface area contributed by atoms with Crippen LogP contribution in [0, 0.1) is 0 Å². The Morgan fingerprint density at radius 3 is 3.05 bits per heavy atom. The average molecular weight is 262 g/mol. The lowest BCUT2D eigenvalue weighted by Crippen LogP contribution is -2.39. The van der Waals surface area contributed by atoms with Gasteiger partial charge in [0.25, 0.3) is 5.91 Å². The topological polar surface area (TPSA) is 55.0 Å². The summed E-state index contributed by atoms with van der Waals surface area (Å²) in [5, 5.41) is 0. The summed E-state index contributed by atoms with van der Waals surface area (Å²) < 4.78 is 11.0. The number of rotatable bonds is 3. The van der Waals surface area contributed by atoms with Crippen LogP contribution in [0.4, 0.5) is 0 Å². The smallest absolute Gasteiger partial charge is 0.255 e. The van der Waals surface area contributed by atoms with Crippen molar-refractivity contribution in [1.82, 2.24) is 9.88 Å². The lowest BCUT2D eigenvalue weighted by molar-refractivity contribution is 0.0735. The Hall–Kier alpha value is -1.62. The molecule has 0 bridgehead atoms. The molecule has 0 aromatic carbocycles. The van der Waals surface area contributed by atoms with Crippen molar-refractivity contribution < 1.29 is 14.3 Å². The Kier molecular flexibility index (Phi) is 3.14. The van der Waals surface area contributed by atoms with E-state index in [1.807, 2.05) is 18.7 Å². The first-order valence-corrected chi connectivity index (χ1v) is 6.70. The summed E-state index contributed by atoms with van der Waals surface area (Å²) in [6.07, 6.45) is 4.87. The summed E-state index contributed by atoms with van der Waals surface area (Å²) in [4.78, 5) is 18.3. The van der Waals surface area contributed by atoms with Gasteiger partial charge in [-0.3, -0.25) is 9.78 Å². The van der Waals surface area contributed by atoms with Gasteiger partial charge in [0, 0.05) is 19.3 Å². The van der Waals surface area contributed by atoms with Crippen LogP contribution in [0.25, 0.3) is 0 Å². The Labute approximate surface area is 112 Å². The number of epoxide rings is 1. The molecule has 0 N–H and O–H groups in total. The number of hydrogen-bond acceptors (Lipinski definition) is 4. The van der Waals surface area contributed by atoms with Crippen LogP contribution in [0.5, 0.6) is 5.75 Å². The number of piperidine rings is 1. The van der Waals surface area contributed by atoms with E-state index in [9.17, 15) is 4.79 Å². The predicted octanol–water partition coefficient (Wildman–Crippen LogP) is 1.48. The molecule has 5 heteroatoms. The molecule has 0 radical (unpaired) electrons. The van der Waals surface area contributed by atoms with Crippen LogP contribution in [0.2, 0.25) is 0 Å². The Morgan fingerprint density at radius 1 is 1.47 bits per heavy atom. The number of fused-ring (bicyclic) bond motifs is 1. The first-order valence-electron chi connectivity index (χ1n) is 6.70. The summed E-state index contributed by atoms with van der Waals surface area (Å²) in [5.74, 6) is 0.647. The quantitative estimate of drug-likeness (QED) is 0.774. The van der Waals surface area contributed by atoms with E-state index in [1.54, 1.807) is 18.5 Å². The summed E-state index contributed by atoms with van der Waals surface area (Å²) in [7, 11) is 0. The van der Waals surface area contributed by atoms with Crippen LogP contribution in [-0.4, -0.2) is 47.2 Å². The van der Waals surface area contributed by atoms with Gasteiger partial charge in [0.15, 0.2) is 0 Å². The van der Waals surface area contributed by atoms with Gasteiger partial charge >= 0.3 is 0 Å². The Balaban J connectivity index is 1.71. The molecule has 1 aromatic heterocycles. The maximum atomic E-state index is 12.4. The van der Waals surface area contributed by atoms with E-state index in [2.05, 4.69) is 4.98 Å². The van der Waals surface area contributed by atoms with Gasteiger partial charge < -0.3 is 14.4 Å². The molecule has 3 heterocycles. The zero-order valence-corrected chi connectivity index (χ0v) is 11.2. The van der Waals surface area contributed by atoms with Gasteiger partial charge in [-0.1, -0.05) is 0 Å². The first kappa shape index (κ1) is 12.4. The molecule has 1 amide bonds. The second kappa shape index (κ2) is 4.81. The van der Waals surface area contributed by atoms with Gasteiger partial charge in [-0.05, 0) is 26.3 Å². The van der Waals surface area contributed by atoms with Crippen molar-refractivity contribution in [1.29, 1.82) is 0 Å². The summed E-state index contributed by atoms with van der Waals surface area (Å²) in [5.41, 5.74) is 0.581. The van der Waals surface area contributed by atoms with Crippen LogP contribution < -0.4 is 4.74 Å². The normalized spacial score (nSPS) is 25.1. The standard InChI is InChI=1S/C14H18N2O3/c1-9(2)18-11-5-10(6-15-7-11)14(17)16-4-3-12-13(8-16)19-12/h5-7,9,12-13H,3-4,8H2,1-2H3. The molecule has 19 heavy (non-hydrogen) atoms. The van der Waals surface area contributed by atoms with Crippen molar-refractivity contribution in [2.45, 2.75) is 38.6 Å². The molecule has 0 saturated carbocycles. The minimum absolute atomic E-state index is 0.00987. The third-order valence-electron chi connectivity index (χ3n) is 3.39. The molecule has 0 spiro atoms. The lowest BCUT2D eigenvalue weighted by Gasteiger charge is -2.24. The highest BCUT2D eigenvalue weighted by atomic mass is 16.6. The highest BCUT2D eigenvalue weighted by molar-refractivity contribution is 5.94. The lowest BCUT2D eigenvalue weighted by atomic mass is 10.1. The molecule has 1 aromatic rings. The molecule has 2 saturated heterocycles. The largest absolute Gasteiger partial charge is 0.489 e. The molecule has 2 aliphatic rings.